The van der Waals surface area contributed by atoms with Crippen LogP contribution in [0.2, 0.25) is 0 Å². The van der Waals surface area contributed by atoms with E-state index in [0.717, 1.165) is 6.42 Å². The van der Waals surface area contributed by atoms with Crippen LogP contribution >= 0.6 is 0 Å². The van der Waals surface area contributed by atoms with Gasteiger partial charge < -0.3 is 15.2 Å². The molecule has 0 saturated heterocycles. The summed E-state index contributed by atoms with van der Waals surface area (Å²) in [6.07, 6.45) is 0.998. The molecule has 2 N–H and O–H groups in total. The van der Waals surface area contributed by atoms with Gasteiger partial charge in [-0.15, -0.1) is 0 Å². The maximum Gasteiger partial charge on any atom is 0.407 e. The van der Waals surface area contributed by atoms with Crippen LogP contribution in [-0.2, 0) is 11.2 Å². The van der Waals surface area contributed by atoms with E-state index in [0.29, 0.717) is 6.42 Å². The number of carbonyl (C=O) groups is 1. The molecule has 0 saturated carbocycles. The van der Waals surface area contributed by atoms with Gasteiger partial charge in [-0.1, -0.05) is 30.3 Å². The predicted molar refractivity (Wildman–Crippen MR) is 61.2 cm³/mol. The van der Waals surface area contributed by atoms with Crippen molar-refractivity contribution in [2.24, 2.45) is 0 Å². The number of amides is 1. The molecule has 1 atom stereocenters. The number of aliphatic hydroxyl groups is 1. The molecule has 4 nitrogen and oxygen atoms in total. The third-order valence-corrected chi connectivity index (χ3v) is 2.35. The summed E-state index contributed by atoms with van der Waals surface area (Å²) in [7, 11) is 1.31. The standard InChI is InChI=1S/C12H17NO3/c1-16-12(15)13-11(9-14)8-7-10-5-3-2-4-6-10/h2-6,11,14H,7-9H2,1H3,(H,13,15)/t11-/m0/s1. The Kier molecular flexibility index (Phi) is 5.36. The largest absolute Gasteiger partial charge is 0.453 e. The van der Waals surface area contributed by atoms with Crippen molar-refractivity contribution in [3.05, 3.63) is 35.9 Å². The molecule has 1 rings (SSSR count). The van der Waals surface area contributed by atoms with E-state index < -0.39 is 6.09 Å². The Morgan fingerprint density at radius 1 is 1.44 bits per heavy atom. The number of alkyl carbamates (subject to hydrolysis) is 1. The summed E-state index contributed by atoms with van der Waals surface area (Å²) in [5.41, 5.74) is 1.19. The molecule has 0 aliphatic carbocycles. The molecule has 1 amide bonds. The molecule has 0 heterocycles. The zero-order valence-corrected chi connectivity index (χ0v) is 9.35. The minimum atomic E-state index is -0.507. The van der Waals surface area contributed by atoms with Crippen molar-refractivity contribution in [2.75, 3.05) is 13.7 Å². The lowest BCUT2D eigenvalue weighted by Crippen LogP contribution is -2.37. The molecule has 0 fully saturated rings. The zero-order valence-electron chi connectivity index (χ0n) is 9.35. The molecule has 0 aliphatic rings. The number of rotatable bonds is 5. The molecular formula is C12H17NO3. The lowest BCUT2D eigenvalue weighted by molar-refractivity contribution is 0.155. The normalized spacial score (nSPS) is 11.9. The van der Waals surface area contributed by atoms with Gasteiger partial charge in [0.1, 0.15) is 0 Å². The molecule has 88 valence electrons. The van der Waals surface area contributed by atoms with Crippen LogP contribution in [0.4, 0.5) is 4.79 Å². The number of benzene rings is 1. The van der Waals surface area contributed by atoms with Crippen molar-refractivity contribution in [2.45, 2.75) is 18.9 Å². The lowest BCUT2D eigenvalue weighted by Gasteiger charge is -2.15. The number of aryl methyl sites for hydroxylation is 1. The molecule has 0 radical (unpaired) electrons. The van der Waals surface area contributed by atoms with E-state index in [1.807, 2.05) is 30.3 Å². The monoisotopic (exact) mass is 223 g/mol. The second-order valence-corrected chi connectivity index (χ2v) is 3.54. The zero-order chi connectivity index (χ0) is 11.8. The number of carbonyl (C=O) groups excluding carboxylic acids is 1. The molecule has 1 aromatic rings. The number of ether oxygens (including phenoxy) is 1. The fourth-order valence-corrected chi connectivity index (χ4v) is 1.42. The van der Waals surface area contributed by atoms with Crippen LogP contribution in [-0.4, -0.2) is 31.0 Å². The topological polar surface area (TPSA) is 58.6 Å². The molecule has 0 aliphatic heterocycles. The lowest BCUT2D eigenvalue weighted by atomic mass is 10.1. The van der Waals surface area contributed by atoms with Crippen molar-refractivity contribution >= 4 is 6.09 Å². The van der Waals surface area contributed by atoms with E-state index in [1.165, 1.54) is 12.7 Å². The van der Waals surface area contributed by atoms with Crippen molar-refractivity contribution in [3.8, 4) is 0 Å². The molecule has 0 unspecified atom stereocenters. The Morgan fingerprint density at radius 3 is 2.69 bits per heavy atom. The van der Waals surface area contributed by atoms with E-state index in [-0.39, 0.29) is 12.6 Å². The minimum Gasteiger partial charge on any atom is -0.453 e. The molecule has 0 spiro atoms. The summed E-state index contributed by atoms with van der Waals surface area (Å²) in [5.74, 6) is 0. The Hall–Kier alpha value is -1.55. The third kappa shape index (κ3) is 4.31. The first-order chi connectivity index (χ1) is 7.76. The van der Waals surface area contributed by atoms with Crippen molar-refractivity contribution in [1.29, 1.82) is 0 Å². The SMILES string of the molecule is COC(=O)N[C@H](CO)CCc1ccccc1. The van der Waals surface area contributed by atoms with E-state index in [4.69, 9.17) is 5.11 Å². The third-order valence-electron chi connectivity index (χ3n) is 2.35. The Labute approximate surface area is 95.2 Å². The predicted octanol–water partition coefficient (Wildman–Crippen LogP) is 1.34. The molecule has 0 bridgehead atoms. The maximum atomic E-state index is 10.9. The minimum absolute atomic E-state index is 0.0814. The van der Waals surface area contributed by atoms with Crippen LogP contribution in [0.15, 0.2) is 30.3 Å². The van der Waals surface area contributed by atoms with Gasteiger partial charge in [-0.25, -0.2) is 4.79 Å². The van der Waals surface area contributed by atoms with Crippen LogP contribution in [0.1, 0.15) is 12.0 Å². The number of methoxy groups -OCH3 is 1. The van der Waals surface area contributed by atoms with E-state index in [9.17, 15) is 4.79 Å². The van der Waals surface area contributed by atoms with E-state index >= 15 is 0 Å². The first-order valence-electron chi connectivity index (χ1n) is 5.25. The highest BCUT2D eigenvalue weighted by molar-refractivity contribution is 5.67. The Balaban J connectivity index is 2.37. The van der Waals surface area contributed by atoms with Crippen molar-refractivity contribution in [3.63, 3.8) is 0 Å². The average molecular weight is 223 g/mol. The first-order valence-corrected chi connectivity index (χ1v) is 5.25. The van der Waals surface area contributed by atoms with Gasteiger partial charge in [0.2, 0.25) is 0 Å². The average Bonchev–Trinajstić information content (AvgIpc) is 2.35. The number of hydrogen-bond acceptors (Lipinski definition) is 3. The Morgan fingerprint density at radius 2 is 2.12 bits per heavy atom. The summed E-state index contributed by atoms with van der Waals surface area (Å²) in [6.45, 7) is -0.0814. The molecule has 16 heavy (non-hydrogen) atoms. The fourth-order valence-electron chi connectivity index (χ4n) is 1.42. The molecule has 0 aromatic heterocycles. The van der Waals surface area contributed by atoms with Gasteiger partial charge in [-0.2, -0.15) is 0 Å². The van der Waals surface area contributed by atoms with E-state index in [2.05, 4.69) is 10.1 Å². The number of aliphatic hydroxyl groups excluding tert-OH is 1. The van der Waals surface area contributed by atoms with Gasteiger partial charge in [-0.3, -0.25) is 0 Å². The van der Waals surface area contributed by atoms with Gasteiger partial charge in [0.15, 0.2) is 0 Å². The summed E-state index contributed by atoms with van der Waals surface area (Å²) in [4.78, 5) is 10.9. The quantitative estimate of drug-likeness (QED) is 0.791. The summed E-state index contributed by atoms with van der Waals surface area (Å²) in [6, 6.07) is 9.68. The van der Waals surface area contributed by atoms with Crippen molar-refractivity contribution < 1.29 is 14.6 Å². The maximum absolute atomic E-state index is 10.9. The smallest absolute Gasteiger partial charge is 0.407 e. The summed E-state index contributed by atoms with van der Waals surface area (Å²) >= 11 is 0. The van der Waals surface area contributed by atoms with Gasteiger partial charge in [0, 0.05) is 0 Å². The molecule has 1 aromatic carbocycles. The van der Waals surface area contributed by atoms with Crippen LogP contribution < -0.4 is 5.32 Å². The second-order valence-electron chi connectivity index (χ2n) is 3.54. The second kappa shape index (κ2) is 6.85. The van der Waals surface area contributed by atoms with Crippen LogP contribution in [0, 0.1) is 0 Å². The molecule has 4 heteroatoms. The number of nitrogens with one attached hydrogen (secondary N) is 1. The highest BCUT2D eigenvalue weighted by Crippen LogP contribution is 2.04. The van der Waals surface area contributed by atoms with Gasteiger partial charge in [0.25, 0.3) is 0 Å². The van der Waals surface area contributed by atoms with Gasteiger partial charge >= 0.3 is 6.09 Å². The highest BCUT2D eigenvalue weighted by Gasteiger charge is 2.10. The summed E-state index contributed by atoms with van der Waals surface area (Å²) < 4.78 is 4.47. The molecular weight excluding hydrogens is 206 g/mol. The van der Waals surface area contributed by atoms with Crippen LogP contribution in [0.3, 0.4) is 0 Å². The van der Waals surface area contributed by atoms with Crippen LogP contribution in [0.5, 0.6) is 0 Å². The summed E-state index contributed by atoms with van der Waals surface area (Å²) in [5, 5.41) is 11.7. The van der Waals surface area contributed by atoms with Crippen molar-refractivity contribution in [1.82, 2.24) is 5.32 Å². The fraction of sp³-hybridized carbons (Fsp3) is 0.417. The first kappa shape index (κ1) is 12.5. The Bertz CT molecular complexity index is 313. The van der Waals surface area contributed by atoms with Crippen LogP contribution in [0.25, 0.3) is 0 Å². The highest BCUT2D eigenvalue weighted by atomic mass is 16.5. The van der Waals surface area contributed by atoms with Gasteiger partial charge in [0.05, 0.1) is 19.8 Å². The van der Waals surface area contributed by atoms with E-state index in [1.54, 1.807) is 0 Å². The number of hydrogen-bond donors (Lipinski definition) is 2. The van der Waals surface area contributed by atoms with Gasteiger partial charge in [-0.05, 0) is 18.4 Å².